The van der Waals surface area contributed by atoms with E-state index >= 15 is 0 Å². The molecule has 0 unspecified atom stereocenters. The number of nitrogens with one attached hydrogen (secondary N) is 1. The van der Waals surface area contributed by atoms with E-state index in [-0.39, 0.29) is 25.2 Å². The summed E-state index contributed by atoms with van der Waals surface area (Å²) in [5, 5.41) is 8.23. The van der Waals surface area contributed by atoms with Crippen molar-refractivity contribution in [1.82, 2.24) is 9.80 Å². The highest BCUT2D eigenvalue weighted by Gasteiger charge is 2.34. The van der Waals surface area contributed by atoms with Crippen LogP contribution < -0.4 is 10.5 Å². The minimum Gasteiger partial charge on any atom is -0.376 e. The van der Waals surface area contributed by atoms with Gasteiger partial charge in [-0.2, -0.15) is 13.2 Å². The molecule has 3 N–H and O–H groups in total. The summed E-state index contributed by atoms with van der Waals surface area (Å²) in [5.74, 6) is -0.263. The highest BCUT2D eigenvalue weighted by atomic mass is 32.2. The van der Waals surface area contributed by atoms with Crippen molar-refractivity contribution in [2.45, 2.75) is 38.5 Å². The average molecular weight is 525 g/mol. The third-order valence-corrected chi connectivity index (χ3v) is 7.42. The normalized spacial score (nSPS) is 16.4. The number of carbonyl (C=O) groups is 1. The number of primary sulfonamides is 1. The minimum absolute atomic E-state index is 0.111. The summed E-state index contributed by atoms with van der Waals surface area (Å²) >= 11 is 0. The lowest BCUT2D eigenvalue weighted by Gasteiger charge is -2.30. The second kappa shape index (κ2) is 10.8. The summed E-state index contributed by atoms with van der Waals surface area (Å²) in [7, 11) is -3.91. The van der Waals surface area contributed by atoms with Gasteiger partial charge in [-0.25, -0.2) is 13.6 Å². The first kappa shape index (κ1) is 26.4. The van der Waals surface area contributed by atoms with Crippen LogP contribution in [0.15, 0.2) is 42.5 Å². The van der Waals surface area contributed by atoms with Crippen LogP contribution in [-0.4, -0.2) is 56.1 Å². The van der Waals surface area contributed by atoms with E-state index < -0.39 is 33.4 Å². The maximum atomic E-state index is 13.5. The van der Waals surface area contributed by atoms with Crippen molar-refractivity contribution in [2.75, 3.05) is 37.2 Å². The molecule has 196 valence electrons. The molecule has 0 aromatic heterocycles. The van der Waals surface area contributed by atoms with E-state index in [2.05, 4.69) is 16.3 Å². The standard InChI is InChI=1S/C25H31F3N4O3S/c26-25(27,28)22-6-2-1-4-20(22)17-32(12-13-36(29,34)35)24(33)14-30-23-7-3-5-19-16-31(11-10-21(19)23)15-18-8-9-18/h1-7,18,30H,8-17H2,(H2,29,34,35). The number of anilines is 1. The van der Waals surface area contributed by atoms with E-state index in [1.165, 1.54) is 36.6 Å². The molecular formula is C25H31F3N4O3S. The Bertz CT molecular complexity index is 1200. The van der Waals surface area contributed by atoms with Crippen LogP contribution in [-0.2, 0) is 40.5 Å². The van der Waals surface area contributed by atoms with Gasteiger partial charge in [-0.15, -0.1) is 0 Å². The van der Waals surface area contributed by atoms with Crippen molar-refractivity contribution < 1.29 is 26.4 Å². The molecule has 0 atom stereocenters. The molecule has 0 spiro atoms. The first-order valence-corrected chi connectivity index (χ1v) is 13.7. The molecule has 1 heterocycles. The maximum Gasteiger partial charge on any atom is 0.416 e. The van der Waals surface area contributed by atoms with Crippen molar-refractivity contribution in [2.24, 2.45) is 11.1 Å². The van der Waals surface area contributed by atoms with Crippen LogP contribution in [0, 0.1) is 5.92 Å². The summed E-state index contributed by atoms with van der Waals surface area (Å²) in [6.07, 6.45) is -1.17. The fourth-order valence-electron chi connectivity index (χ4n) is 4.61. The Balaban J connectivity index is 1.46. The van der Waals surface area contributed by atoms with Crippen molar-refractivity contribution in [3.05, 3.63) is 64.7 Å². The molecule has 0 bridgehead atoms. The molecule has 1 aliphatic heterocycles. The molecule has 11 heteroatoms. The Kier molecular flexibility index (Phi) is 7.91. The van der Waals surface area contributed by atoms with Crippen LogP contribution in [0.1, 0.15) is 35.1 Å². The van der Waals surface area contributed by atoms with Gasteiger partial charge in [-0.3, -0.25) is 9.69 Å². The van der Waals surface area contributed by atoms with Crippen molar-refractivity contribution in [3.63, 3.8) is 0 Å². The summed E-state index contributed by atoms with van der Waals surface area (Å²) in [5.41, 5.74) is 2.18. The van der Waals surface area contributed by atoms with Crippen LogP contribution in [0.4, 0.5) is 18.9 Å². The summed E-state index contributed by atoms with van der Waals surface area (Å²) in [6.45, 7) is 2.02. The van der Waals surface area contributed by atoms with Gasteiger partial charge in [0.25, 0.3) is 0 Å². The van der Waals surface area contributed by atoms with Gasteiger partial charge in [0, 0.05) is 38.4 Å². The molecule has 2 aliphatic rings. The van der Waals surface area contributed by atoms with E-state index in [9.17, 15) is 26.4 Å². The minimum atomic E-state index is -4.60. The molecule has 1 aliphatic carbocycles. The van der Waals surface area contributed by atoms with Crippen molar-refractivity contribution >= 4 is 21.6 Å². The number of nitrogens with two attached hydrogens (primary N) is 1. The molecular weight excluding hydrogens is 493 g/mol. The molecule has 4 rings (SSSR count). The molecule has 0 radical (unpaired) electrons. The van der Waals surface area contributed by atoms with Crippen LogP contribution in [0.5, 0.6) is 0 Å². The monoisotopic (exact) mass is 524 g/mol. The second-order valence-electron chi connectivity index (χ2n) is 9.56. The zero-order chi connectivity index (χ0) is 25.9. The van der Waals surface area contributed by atoms with Crippen LogP contribution in [0.2, 0.25) is 0 Å². The molecule has 1 fully saturated rings. The zero-order valence-electron chi connectivity index (χ0n) is 19.9. The first-order valence-electron chi connectivity index (χ1n) is 12.0. The predicted molar refractivity (Wildman–Crippen MR) is 131 cm³/mol. The average Bonchev–Trinajstić information content (AvgIpc) is 3.63. The third-order valence-electron chi connectivity index (χ3n) is 6.67. The second-order valence-corrected chi connectivity index (χ2v) is 11.3. The molecule has 1 amide bonds. The zero-order valence-corrected chi connectivity index (χ0v) is 20.7. The van der Waals surface area contributed by atoms with Gasteiger partial charge >= 0.3 is 6.18 Å². The topological polar surface area (TPSA) is 95.7 Å². The molecule has 7 nitrogen and oxygen atoms in total. The number of rotatable bonds is 10. The van der Waals surface area contributed by atoms with Gasteiger partial charge in [0.15, 0.2) is 0 Å². The largest absolute Gasteiger partial charge is 0.416 e. The number of alkyl halides is 3. The van der Waals surface area contributed by atoms with Crippen molar-refractivity contribution in [1.29, 1.82) is 0 Å². The summed E-state index contributed by atoms with van der Waals surface area (Å²) in [6, 6.07) is 10.8. The number of benzene rings is 2. The Hall–Kier alpha value is -2.63. The maximum absolute atomic E-state index is 13.5. The van der Waals surface area contributed by atoms with Gasteiger partial charge in [-0.05, 0) is 54.0 Å². The molecule has 0 saturated heterocycles. The lowest BCUT2D eigenvalue weighted by atomic mass is 9.97. The van der Waals surface area contributed by atoms with E-state index in [0.29, 0.717) is 0 Å². The fraction of sp³-hybridized carbons (Fsp3) is 0.480. The highest BCUT2D eigenvalue weighted by molar-refractivity contribution is 7.89. The smallest absolute Gasteiger partial charge is 0.376 e. The number of carbonyl (C=O) groups excluding carboxylic acids is 1. The van der Waals surface area contributed by atoms with Gasteiger partial charge in [-0.1, -0.05) is 30.3 Å². The highest BCUT2D eigenvalue weighted by Crippen LogP contribution is 2.34. The quantitative estimate of drug-likeness (QED) is 0.498. The lowest BCUT2D eigenvalue weighted by Crippen LogP contribution is -2.40. The Morgan fingerprint density at radius 2 is 1.89 bits per heavy atom. The first-order chi connectivity index (χ1) is 17.0. The van der Waals surface area contributed by atoms with Gasteiger partial charge < -0.3 is 10.2 Å². The SMILES string of the molecule is NS(=O)(=O)CCN(Cc1ccccc1C(F)(F)F)C(=O)CNc1cccc2c1CCN(CC1CC1)C2. The molecule has 36 heavy (non-hydrogen) atoms. The van der Waals surface area contributed by atoms with Gasteiger partial charge in [0.2, 0.25) is 15.9 Å². The Morgan fingerprint density at radius 1 is 1.14 bits per heavy atom. The van der Waals surface area contributed by atoms with E-state index in [0.717, 1.165) is 54.2 Å². The predicted octanol–water partition coefficient (Wildman–Crippen LogP) is 3.20. The lowest BCUT2D eigenvalue weighted by molar-refractivity contribution is -0.139. The van der Waals surface area contributed by atoms with Crippen LogP contribution in [0.3, 0.4) is 0 Å². The summed E-state index contributed by atoms with van der Waals surface area (Å²) in [4.78, 5) is 16.6. The fourth-order valence-corrected chi connectivity index (χ4v) is 5.08. The van der Waals surface area contributed by atoms with Gasteiger partial charge in [0.1, 0.15) is 0 Å². The number of fused-ring (bicyclic) bond motifs is 1. The Labute approximate surface area is 209 Å². The van der Waals surface area contributed by atoms with E-state index in [1.807, 2.05) is 12.1 Å². The molecule has 2 aromatic rings. The number of halogens is 3. The van der Waals surface area contributed by atoms with E-state index in [4.69, 9.17) is 5.14 Å². The molecule has 1 saturated carbocycles. The van der Waals surface area contributed by atoms with E-state index in [1.54, 1.807) is 0 Å². The van der Waals surface area contributed by atoms with Crippen LogP contribution in [0.25, 0.3) is 0 Å². The number of hydrogen-bond acceptors (Lipinski definition) is 5. The summed E-state index contributed by atoms with van der Waals surface area (Å²) < 4.78 is 63.4. The Morgan fingerprint density at radius 3 is 2.58 bits per heavy atom. The van der Waals surface area contributed by atoms with Crippen LogP contribution >= 0.6 is 0 Å². The van der Waals surface area contributed by atoms with Gasteiger partial charge in [0.05, 0.1) is 17.9 Å². The third kappa shape index (κ3) is 7.21. The number of hydrogen-bond donors (Lipinski definition) is 2. The van der Waals surface area contributed by atoms with Crippen molar-refractivity contribution in [3.8, 4) is 0 Å². The number of nitrogens with zero attached hydrogens (tertiary/aromatic N) is 2. The number of amides is 1. The molecule has 2 aromatic carbocycles. The number of sulfonamides is 1.